The molecule has 0 bridgehead atoms. The van der Waals surface area contributed by atoms with Crippen LogP contribution in [0.5, 0.6) is 0 Å². The molecule has 0 aliphatic carbocycles. The van der Waals surface area contributed by atoms with Crippen molar-refractivity contribution in [1.82, 2.24) is 15.0 Å². The van der Waals surface area contributed by atoms with Gasteiger partial charge < -0.3 is 10.6 Å². The van der Waals surface area contributed by atoms with Crippen LogP contribution >= 0.6 is 0 Å². The third-order valence-electron chi connectivity index (χ3n) is 2.65. The minimum absolute atomic E-state index is 0.0337. The standard InChI is InChI=1S/C13H22N4O3S/c1-10(2)9-16-12(18)6-8-17-21(19,20)13-11(14-3)5-4-7-15-13/h4-5,7,10,14,17H,6,8-9H2,1-3H3,(H,16,18). The van der Waals surface area contributed by atoms with E-state index in [4.69, 9.17) is 0 Å². The fourth-order valence-electron chi connectivity index (χ4n) is 1.57. The van der Waals surface area contributed by atoms with E-state index in [9.17, 15) is 13.2 Å². The Morgan fingerprint density at radius 3 is 2.71 bits per heavy atom. The summed E-state index contributed by atoms with van der Waals surface area (Å²) in [7, 11) is -2.11. The lowest BCUT2D eigenvalue weighted by atomic mass is 10.2. The highest BCUT2D eigenvalue weighted by atomic mass is 32.2. The van der Waals surface area contributed by atoms with E-state index in [0.717, 1.165) is 0 Å². The fourth-order valence-corrected chi connectivity index (χ4v) is 2.74. The number of anilines is 1. The van der Waals surface area contributed by atoms with E-state index in [1.165, 1.54) is 6.20 Å². The van der Waals surface area contributed by atoms with Gasteiger partial charge in [-0.05, 0) is 18.1 Å². The van der Waals surface area contributed by atoms with Crippen LogP contribution in [0.25, 0.3) is 0 Å². The van der Waals surface area contributed by atoms with Crippen molar-refractivity contribution in [3.63, 3.8) is 0 Å². The molecule has 0 aromatic carbocycles. The zero-order valence-electron chi connectivity index (χ0n) is 12.5. The van der Waals surface area contributed by atoms with Crippen LogP contribution < -0.4 is 15.4 Å². The van der Waals surface area contributed by atoms with Crippen LogP contribution in [-0.2, 0) is 14.8 Å². The maximum Gasteiger partial charge on any atom is 0.260 e. The molecule has 3 N–H and O–H groups in total. The van der Waals surface area contributed by atoms with Crippen molar-refractivity contribution in [2.45, 2.75) is 25.3 Å². The Hall–Kier alpha value is -1.67. The molecular formula is C13H22N4O3S. The molecule has 1 amide bonds. The lowest BCUT2D eigenvalue weighted by molar-refractivity contribution is -0.121. The van der Waals surface area contributed by atoms with E-state index in [2.05, 4.69) is 20.3 Å². The Labute approximate surface area is 125 Å². The summed E-state index contributed by atoms with van der Waals surface area (Å²) < 4.78 is 26.6. The van der Waals surface area contributed by atoms with Crippen molar-refractivity contribution in [2.75, 3.05) is 25.5 Å². The van der Waals surface area contributed by atoms with E-state index in [0.29, 0.717) is 18.2 Å². The van der Waals surface area contributed by atoms with E-state index < -0.39 is 10.0 Å². The molecule has 0 aliphatic heterocycles. The molecule has 1 rings (SSSR count). The van der Waals surface area contributed by atoms with Gasteiger partial charge in [-0.25, -0.2) is 18.1 Å². The molecule has 0 spiro atoms. The van der Waals surface area contributed by atoms with Gasteiger partial charge in [-0.1, -0.05) is 13.8 Å². The molecule has 1 heterocycles. The van der Waals surface area contributed by atoms with Crippen LogP contribution in [0.2, 0.25) is 0 Å². The predicted octanol–water partition coefficient (Wildman–Crippen LogP) is 0.564. The number of aromatic nitrogens is 1. The molecular weight excluding hydrogens is 292 g/mol. The van der Waals surface area contributed by atoms with Gasteiger partial charge in [0, 0.05) is 32.8 Å². The fraction of sp³-hybridized carbons (Fsp3) is 0.538. The molecule has 0 atom stereocenters. The number of hydrogen-bond donors (Lipinski definition) is 3. The zero-order chi connectivity index (χ0) is 15.9. The first-order valence-corrected chi connectivity index (χ1v) is 8.24. The van der Waals surface area contributed by atoms with Crippen molar-refractivity contribution in [2.24, 2.45) is 5.92 Å². The largest absolute Gasteiger partial charge is 0.386 e. The van der Waals surface area contributed by atoms with Crippen LogP contribution in [0.1, 0.15) is 20.3 Å². The summed E-state index contributed by atoms with van der Waals surface area (Å²) in [6.45, 7) is 4.59. The molecule has 0 aliphatic rings. The molecule has 21 heavy (non-hydrogen) atoms. The molecule has 0 fully saturated rings. The van der Waals surface area contributed by atoms with Gasteiger partial charge >= 0.3 is 0 Å². The van der Waals surface area contributed by atoms with Crippen LogP contribution in [-0.4, -0.2) is 39.4 Å². The Balaban J connectivity index is 2.56. The smallest absolute Gasteiger partial charge is 0.260 e. The second kappa shape index (κ2) is 7.94. The highest BCUT2D eigenvalue weighted by Gasteiger charge is 2.19. The highest BCUT2D eigenvalue weighted by molar-refractivity contribution is 7.89. The van der Waals surface area contributed by atoms with Crippen molar-refractivity contribution in [1.29, 1.82) is 0 Å². The quantitative estimate of drug-likeness (QED) is 0.651. The number of sulfonamides is 1. The lowest BCUT2D eigenvalue weighted by Crippen LogP contribution is -2.32. The molecule has 7 nitrogen and oxygen atoms in total. The number of carbonyl (C=O) groups is 1. The van der Waals surface area contributed by atoms with E-state index in [1.54, 1.807) is 19.2 Å². The van der Waals surface area contributed by atoms with E-state index in [1.807, 2.05) is 13.8 Å². The SMILES string of the molecule is CNc1cccnc1S(=O)(=O)NCCC(=O)NCC(C)C. The van der Waals surface area contributed by atoms with Crippen molar-refractivity contribution < 1.29 is 13.2 Å². The second-order valence-corrected chi connectivity index (χ2v) is 6.63. The van der Waals surface area contributed by atoms with Crippen LogP contribution in [0.15, 0.2) is 23.4 Å². The Kier molecular flexibility index (Phi) is 6.57. The van der Waals surface area contributed by atoms with Gasteiger partial charge in [0.2, 0.25) is 5.91 Å². The minimum atomic E-state index is -3.73. The molecule has 1 aromatic rings. The number of amides is 1. The average molecular weight is 314 g/mol. The first-order valence-electron chi connectivity index (χ1n) is 6.76. The number of nitrogens with one attached hydrogen (secondary N) is 3. The second-order valence-electron chi connectivity index (χ2n) is 4.95. The predicted molar refractivity (Wildman–Crippen MR) is 81.4 cm³/mol. The van der Waals surface area contributed by atoms with Crippen LogP contribution in [0.3, 0.4) is 0 Å². The molecule has 0 saturated heterocycles. The number of hydrogen-bond acceptors (Lipinski definition) is 5. The first kappa shape index (κ1) is 17.4. The molecule has 1 aromatic heterocycles. The summed E-state index contributed by atoms with van der Waals surface area (Å²) >= 11 is 0. The van der Waals surface area contributed by atoms with Gasteiger partial charge in [-0.15, -0.1) is 0 Å². The molecule has 0 radical (unpaired) electrons. The summed E-state index contributed by atoms with van der Waals surface area (Å²) in [5, 5.41) is 5.43. The molecule has 0 unspecified atom stereocenters. The molecule has 118 valence electrons. The Morgan fingerprint density at radius 2 is 2.10 bits per heavy atom. The summed E-state index contributed by atoms with van der Waals surface area (Å²) in [6, 6.07) is 3.27. The topological polar surface area (TPSA) is 100 Å². The summed E-state index contributed by atoms with van der Waals surface area (Å²) in [4.78, 5) is 15.4. The third-order valence-corrected chi connectivity index (χ3v) is 4.07. The minimum Gasteiger partial charge on any atom is -0.386 e. The van der Waals surface area contributed by atoms with Crippen molar-refractivity contribution in [3.05, 3.63) is 18.3 Å². The summed E-state index contributed by atoms with van der Waals surface area (Å²) in [5.41, 5.74) is 0.411. The summed E-state index contributed by atoms with van der Waals surface area (Å²) in [5.74, 6) is 0.179. The average Bonchev–Trinajstić information content (AvgIpc) is 2.44. The van der Waals surface area contributed by atoms with Crippen LogP contribution in [0.4, 0.5) is 5.69 Å². The van der Waals surface area contributed by atoms with Gasteiger partial charge in [0.05, 0.1) is 5.69 Å². The van der Waals surface area contributed by atoms with Crippen LogP contribution in [0, 0.1) is 5.92 Å². The van der Waals surface area contributed by atoms with E-state index >= 15 is 0 Å². The van der Waals surface area contributed by atoms with Gasteiger partial charge in [-0.3, -0.25) is 4.79 Å². The normalized spacial score (nSPS) is 11.4. The van der Waals surface area contributed by atoms with Crippen molar-refractivity contribution >= 4 is 21.6 Å². The Bertz CT molecular complexity index is 573. The monoisotopic (exact) mass is 314 g/mol. The van der Waals surface area contributed by atoms with Gasteiger partial charge in [0.15, 0.2) is 5.03 Å². The third kappa shape index (κ3) is 5.68. The zero-order valence-corrected chi connectivity index (χ0v) is 13.3. The van der Waals surface area contributed by atoms with Gasteiger partial charge in [0.25, 0.3) is 10.0 Å². The number of carbonyl (C=O) groups excluding carboxylic acids is 1. The maximum absolute atomic E-state index is 12.1. The first-order chi connectivity index (χ1) is 9.86. The highest BCUT2D eigenvalue weighted by Crippen LogP contribution is 2.16. The maximum atomic E-state index is 12.1. The van der Waals surface area contributed by atoms with Crippen molar-refractivity contribution in [3.8, 4) is 0 Å². The lowest BCUT2D eigenvalue weighted by Gasteiger charge is -2.10. The number of rotatable bonds is 8. The number of nitrogens with zero attached hydrogens (tertiary/aromatic N) is 1. The van der Waals surface area contributed by atoms with Gasteiger partial charge in [-0.2, -0.15) is 0 Å². The molecule has 8 heteroatoms. The van der Waals surface area contributed by atoms with Gasteiger partial charge in [0.1, 0.15) is 0 Å². The molecule has 0 saturated carbocycles. The number of pyridine rings is 1. The van der Waals surface area contributed by atoms with E-state index in [-0.39, 0.29) is 23.9 Å². The Morgan fingerprint density at radius 1 is 1.38 bits per heavy atom. The summed E-state index contributed by atoms with van der Waals surface area (Å²) in [6.07, 6.45) is 1.50.